The van der Waals surface area contributed by atoms with Crippen molar-refractivity contribution >= 4 is 5.91 Å². The number of carbonyl (C=O) groups excluding carboxylic acids is 1. The van der Waals surface area contributed by atoms with Crippen molar-refractivity contribution in [1.82, 2.24) is 10.6 Å². The molecule has 2 fully saturated rings. The van der Waals surface area contributed by atoms with E-state index < -0.39 is 0 Å². The molecule has 1 saturated carbocycles. The van der Waals surface area contributed by atoms with Crippen LogP contribution in [0, 0.1) is 5.92 Å². The molecule has 1 aliphatic heterocycles. The third-order valence-electron chi connectivity index (χ3n) is 3.43. The average molecular weight is 240 g/mol. The fraction of sp³-hybridized carbons (Fsp3) is 0.923. The molecule has 98 valence electrons. The zero-order valence-corrected chi connectivity index (χ0v) is 10.5. The second-order valence-corrected chi connectivity index (χ2v) is 5.22. The lowest BCUT2D eigenvalue weighted by atomic mass is 10.1. The summed E-state index contributed by atoms with van der Waals surface area (Å²) in [6, 6.07) is 0.404. The van der Waals surface area contributed by atoms with Crippen LogP contribution >= 0.6 is 0 Å². The highest BCUT2D eigenvalue weighted by Gasteiger charge is 2.21. The summed E-state index contributed by atoms with van der Waals surface area (Å²) < 4.78 is 5.51. The third kappa shape index (κ3) is 5.50. The predicted octanol–water partition coefficient (Wildman–Crippen LogP) is 1.06. The average Bonchev–Trinajstić information content (AvgIpc) is 3.00. The van der Waals surface area contributed by atoms with E-state index in [2.05, 4.69) is 10.6 Å². The molecule has 1 atom stereocenters. The van der Waals surface area contributed by atoms with Crippen molar-refractivity contribution in [3.63, 3.8) is 0 Å². The Kier molecular flexibility index (Phi) is 5.26. The van der Waals surface area contributed by atoms with E-state index >= 15 is 0 Å². The van der Waals surface area contributed by atoms with Crippen LogP contribution in [0.2, 0.25) is 0 Å². The molecule has 1 heterocycles. The van der Waals surface area contributed by atoms with Gasteiger partial charge >= 0.3 is 0 Å². The largest absolute Gasteiger partial charge is 0.381 e. The highest BCUT2D eigenvalue weighted by atomic mass is 16.5. The molecular formula is C13H24N2O2. The normalized spacial score (nSPS) is 23.9. The third-order valence-corrected chi connectivity index (χ3v) is 3.43. The Morgan fingerprint density at radius 2 is 2.24 bits per heavy atom. The maximum atomic E-state index is 11.6. The molecule has 2 N–H and O–H groups in total. The molecule has 17 heavy (non-hydrogen) atoms. The molecule has 0 radical (unpaired) electrons. The molecule has 1 amide bonds. The first-order valence-corrected chi connectivity index (χ1v) is 6.92. The minimum atomic E-state index is 0.173. The Labute approximate surface area is 103 Å². The van der Waals surface area contributed by atoms with Gasteiger partial charge in [0, 0.05) is 32.2 Å². The molecule has 4 nitrogen and oxygen atoms in total. The lowest BCUT2D eigenvalue weighted by Gasteiger charge is -2.10. The van der Waals surface area contributed by atoms with Crippen molar-refractivity contribution < 1.29 is 9.53 Å². The highest BCUT2D eigenvalue weighted by molar-refractivity contribution is 5.76. The van der Waals surface area contributed by atoms with Gasteiger partial charge in [-0.05, 0) is 44.6 Å². The zero-order chi connectivity index (χ0) is 11.9. The molecule has 0 aromatic rings. The summed E-state index contributed by atoms with van der Waals surface area (Å²) >= 11 is 0. The summed E-state index contributed by atoms with van der Waals surface area (Å²) in [5.74, 6) is 1.00. The molecule has 0 bridgehead atoms. The topological polar surface area (TPSA) is 50.4 Å². The molecule has 2 aliphatic rings. The fourth-order valence-electron chi connectivity index (χ4n) is 2.16. The molecular weight excluding hydrogens is 216 g/mol. The number of ether oxygens (including phenoxy) is 1. The van der Waals surface area contributed by atoms with Crippen molar-refractivity contribution in [2.75, 3.05) is 26.3 Å². The van der Waals surface area contributed by atoms with Gasteiger partial charge in [0.1, 0.15) is 0 Å². The van der Waals surface area contributed by atoms with Crippen molar-refractivity contribution in [3.05, 3.63) is 0 Å². The van der Waals surface area contributed by atoms with E-state index in [0.717, 1.165) is 45.1 Å². The lowest BCUT2D eigenvalue weighted by Crippen LogP contribution is -2.32. The maximum absolute atomic E-state index is 11.6. The van der Waals surface area contributed by atoms with Crippen LogP contribution in [-0.4, -0.2) is 38.3 Å². The van der Waals surface area contributed by atoms with Crippen LogP contribution in [0.15, 0.2) is 0 Å². The van der Waals surface area contributed by atoms with E-state index in [1.54, 1.807) is 0 Å². The summed E-state index contributed by atoms with van der Waals surface area (Å²) in [6.07, 6.45) is 6.57. The van der Waals surface area contributed by atoms with Crippen molar-refractivity contribution in [3.8, 4) is 0 Å². The first-order valence-electron chi connectivity index (χ1n) is 6.92. The fourth-order valence-corrected chi connectivity index (χ4v) is 2.16. The first-order chi connectivity index (χ1) is 8.34. The second-order valence-electron chi connectivity index (χ2n) is 5.22. The lowest BCUT2D eigenvalue weighted by molar-refractivity contribution is -0.121. The molecule has 4 heteroatoms. The van der Waals surface area contributed by atoms with Crippen molar-refractivity contribution in [2.24, 2.45) is 5.92 Å². The number of hydrogen-bond acceptors (Lipinski definition) is 3. The van der Waals surface area contributed by atoms with Gasteiger partial charge in [-0.15, -0.1) is 0 Å². The van der Waals surface area contributed by atoms with Gasteiger partial charge in [-0.25, -0.2) is 0 Å². The number of nitrogens with one attached hydrogen (secondary N) is 2. The monoisotopic (exact) mass is 240 g/mol. The van der Waals surface area contributed by atoms with Gasteiger partial charge in [-0.1, -0.05) is 0 Å². The first kappa shape index (κ1) is 12.8. The van der Waals surface area contributed by atoms with Gasteiger partial charge in [0.25, 0.3) is 0 Å². The second kappa shape index (κ2) is 6.97. The van der Waals surface area contributed by atoms with Gasteiger partial charge in [0.05, 0.1) is 0 Å². The molecule has 0 aromatic heterocycles. The van der Waals surface area contributed by atoms with E-state index in [-0.39, 0.29) is 5.91 Å². The molecule has 1 unspecified atom stereocenters. The number of amides is 1. The van der Waals surface area contributed by atoms with Gasteiger partial charge in [-0.2, -0.15) is 0 Å². The van der Waals surface area contributed by atoms with Crippen molar-refractivity contribution in [1.29, 1.82) is 0 Å². The Morgan fingerprint density at radius 1 is 1.35 bits per heavy atom. The zero-order valence-electron chi connectivity index (χ0n) is 10.5. The number of rotatable bonds is 8. The Hall–Kier alpha value is -0.610. The van der Waals surface area contributed by atoms with Gasteiger partial charge < -0.3 is 15.4 Å². The Balaban J connectivity index is 1.39. The van der Waals surface area contributed by atoms with Gasteiger partial charge in [0.15, 0.2) is 0 Å². The van der Waals surface area contributed by atoms with Crippen LogP contribution in [0.1, 0.15) is 38.5 Å². The van der Waals surface area contributed by atoms with E-state index in [1.807, 2.05) is 0 Å². The molecule has 0 spiro atoms. The summed E-state index contributed by atoms with van der Waals surface area (Å²) in [6.45, 7) is 3.50. The standard InChI is InChI=1S/C13H24N2O2/c16-13(9-12-3-1-6-14-12)15-7-2-8-17-10-11-4-5-11/h11-12,14H,1-10H2,(H,15,16). The minimum absolute atomic E-state index is 0.173. The van der Waals surface area contributed by atoms with Gasteiger partial charge in [-0.3, -0.25) is 4.79 Å². The molecule has 0 aromatic carbocycles. The summed E-state index contributed by atoms with van der Waals surface area (Å²) in [5, 5.41) is 6.29. The van der Waals surface area contributed by atoms with Crippen LogP contribution in [0.3, 0.4) is 0 Å². The van der Waals surface area contributed by atoms with Crippen LogP contribution < -0.4 is 10.6 Å². The Bertz CT molecular complexity index is 236. The van der Waals surface area contributed by atoms with Gasteiger partial charge in [0.2, 0.25) is 5.91 Å². The quantitative estimate of drug-likeness (QED) is 0.624. The number of carbonyl (C=O) groups is 1. The summed E-state index contributed by atoms with van der Waals surface area (Å²) in [7, 11) is 0. The Morgan fingerprint density at radius 3 is 2.94 bits per heavy atom. The molecule has 1 saturated heterocycles. The summed E-state index contributed by atoms with van der Waals surface area (Å²) in [4.78, 5) is 11.6. The summed E-state index contributed by atoms with van der Waals surface area (Å²) in [5.41, 5.74) is 0. The van der Waals surface area contributed by atoms with Crippen LogP contribution in [-0.2, 0) is 9.53 Å². The van der Waals surface area contributed by atoms with Crippen LogP contribution in [0.5, 0.6) is 0 Å². The molecule has 2 rings (SSSR count). The predicted molar refractivity (Wildman–Crippen MR) is 66.8 cm³/mol. The highest BCUT2D eigenvalue weighted by Crippen LogP contribution is 2.28. The van der Waals surface area contributed by atoms with E-state index in [0.29, 0.717) is 12.5 Å². The SMILES string of the molecule is O=C(CC1CCCN1)NCCCOCC1CC1. The maximum Gasteiger partial charge on any atom is 0.221 e. The van der Waals surface area contributed by atoms with E-state index in [1.165, 1.54) is 19.3 Å². The smallest absolute Gasteiger partial charge is 0.221 e. The molecule has 1 aliphatic carbocycles. The van der Waals surface area contributed by atoms with E-state index in [4.69, 9.17) is 4.74 Å². The van der Waals surface area contributed by atoms with Crippen LogP contribution in [0.4, 0.5) is 0 Å². The van der Waals surface area contributed by atoms with Crippen LogP contribution in [0.25, 0.3) is 0 Å². The minimum Gasteiger partial charge on any atom is -0.381 e. The number of hydrogen-bond donors (Lipinski definition) is 2. The van der Waals surface area contributed by atoms with E-state index in [9.17, 15) is 4.79 Å². The van der Waals surface area contributed by atoms with Crippen molar-refractivity contribution in [2.45, 2.75) is 44.6 Å².